The monoisotopic (exact) mass is 337 g/mol. The summed E-state index contributed by atoms with van der Waals surface area (Å²) in [7, 11) is 1.64. The molecular weight excluding hydrogens is 316 g/mol. The van der Waals surface area contributed by atoms with Gasteiger partial charge in [0.15, 0.2) is 5.96 Å². The maximum Gasteiger partial charge on any atom is 0.387 e. The predicted molar refractivity (Wildman–Crippen MR) is 88.3 cm³/mol. The summed E-state index contributed by atoms with van der Waals surface area (Å²) in [5, 5.41) is 6.24. The molecule has 1 aromatic carbocycles. The van der Waals surface area contributed by atoms with Crippen LogP contribution >= 0.6 is 0 Å². The lowest BCUT2D eigenvalue weighted by molar-refractivity contribution is -0.0504. The Bertz CT molecular complexity index is 699. The van der Waals surface area contributed by atoms with E-state index in [-0.39, 0.29) is 5.75 Å². The average Bonchev–Trinajstić information content (AvgIpc) is 2.86. The van der Waals surface area contributed by atoms with E-state index in [9.17, 15) is 8.78 Å². The molecule has 130 valence electrons. The molecule has 0 saturated carbocycles. The molecule has 0 aliphatic rings. The van der Waals surface area contributed by atoms with Crippen LogP contribution in [0.15, 0.2) is 39.7 Å². The third-order valence-electron chi connectivity index (χ3n) is 3.45. The fourth-order valence-electron chi connectivity index (χ4n) is 2.30. The normalized spacial score (nSPS) is 11.7. The van der Waals surface area contributed by atoms with Crippen molar-refractivity contribution in [3.8, 4) is 5.75 Å². The molecule has 0 bridgehead atoms. The first-order valence-corrected chi connectivity index (χ1v) is 7.52. The minimum Gasteiger partial charge on any atom is -0.466 e. The van der Waals surface area contributed by atoms with E-state index < -0.39 is 6.61 Å². The van der Waals surface area contributed by atoms with Crippen LogP contribution < -0.4 is 15.4 Å². The van der Waals surface area contributed by atoms with Crippen LogP contribution in [0.25, 0.3) is 0 Å². The Balaban J connectivity index is 1.93. The maximum atomic E-state index is 12.4. The van der Waals surface area contributed by atoms with E-state index in [1.807, 2.05) is 19.9 Å². The summed E-state index contributed by atoms with van der Waals surface area (Å²) in [5.74, 6) is 2.41. The summed E-state index contributed by atoms with van der Waals surface area (Å²) in [6.45, 7) is 1.81. The van der Waals surface area contributed by atoms with Crippen molar-refractivity contribution in [1.82, 2.24) is 10.6 Å². The molecule has 0 aliphatic heterocycles. The molecule has 0 unspecified atom stereocenters. The Hall–Kier alpha value is -2.57. The Morgan fingerprint density at radius 1 is 1.17 bits per heavy atom. The van der Waals surface area contributed by atoms with Crippen LogP contribution in [0.5, 0.6) is 5.75 Å². The molecule has 7 heteroatoms. The molecule has 1 aromatic heterocycles. The molecule has 2 N–H and O–H groups in total. The summed E-state index contributed by atoms with van der Waals surface area (Å²) < 4.78 is 34.8. The second kappa shape index (κ2) is 8.33. The lowest BCUT2D eigenvalue weighted by Gasteiger charge is -2.14. The zero-order valence-corrected chi connectivity index (χ0v) is 13.9. The van der Waals surface area contributed by atoms with Crippen molar-refractivity contribution < 1.29 is 17.9 Å². The number of halogens is 2. The van der Waals surface area contributed by atoms with Crippen LogP contribution in [0.4, 0.5) is 8.78 Å². The zero-order valence-electron chi connectivity index (χ0n) is 13.9. The Morgan fingerprint density at radius 3 is 2.42 bits per heavy atom. The van der Waals surface area contributed by atoms with E-state index in [2.05, 4.69) is 20.4 Å². The van der Waals surface area contributed by atoms with E-state index in [1.165, 1.54) is 6.07 Å². The fraction of sp³-hybridized carbons (Fsp3) is 0.353. The summed E-state index contributed by atoms with van der Waals surface area (Å²) in [5.41, 5.74) is 1.66. The van der Waals surface area contributed by atoms with Gasteiger partial charge in [0, 0.05) is 31.3 Å². The standard InChI is InChI=1S/C17H21F2N3O2/c1-11-8-14(12(2)23-11)10-22-17(20-3)21-9-13-6-4-5-7-15(13)24-16(18)19/h4-8,16H,9-10H2,1-3H3,(H2,20,21,22). The number of guanidine groups is 1. The number of rotatable bonds is 6. The number of nitrogens with one attached hydrogen (secondary N) is 2. The van der Waals surface area contributed by atoms with E-state index in [0.717, 1.165) is 17.1 Å². The van der Waals surface area contributed by atoms with Gasteiger partial charge in [0.1, 0.15) is 17.3 Å². The van der Waals surface area contributed by atoms with Crippen molar-refractivity contribution in [3.05, 3.63) is 53.0 Å². The Morgan fingerprint density at radius 2 is 1.83 bits per heavy atom. The van der Waals surface area contributed by atoms with Gasteiger partial charge in [-0.25, -0.2) is 0 Å². The highest BCUT2D eigenvalue weighted by atomic mass is 19.3. The first kappa shape index (κ1) is 17.8. The highest BCUT2D eigenvalue weighted by Crippen LogP contribution is 2.20. The minimum atomic E-state index is -2.85. The Kier molecular flexibility index (Phi) is 6.17. The molecule has 5 nitrogen and oxygen atoms in total. The molecular formula is C17H21F2N3O2. The van der Waals surface area contributed by atoms with Crippen LogP contribution in [-0.2, 0) is 13.1 Å². The molecule has 24 heavy (non-hydrogen) atoms. The van der Waals surface area contributed by atoms with Gasteiger partial charge in [0.2, 0.25) is 0 Å². The second-order valence-corrected chi connectivity index (χ2v) is 5.20. The topological polar surface area (TPSA) is 58.8 Å². The van der Waals surface area contributed by atoms with Crippen molar-refractivity contribution >= 4 is 5.96 Å². The van der Waals surface area contributed by atoms with Crippen LogP contribution in [-0.4, -0.2) is 19.6 Å². The maximum absolute atomic E-state index is 12.4. The number of nitrogens with zero attached hydrogens (tertiary/aromatic N) is 1. The molecule has 0 fully saturated rings. The van der Waals surface area contributed by atoms with Crippen molar-refractivity contribution in [2.45, 2.75) is 33.5 Å². The summed E-state index contributed by atoms with van der Waals surface area (Å²) in [6, 6.07) is 8.61. The summed E-state index contributed by atoms with van der Waals surface area (Å²) in [6.07, 6.45) is 0. The van der Waals surface area contributed by atoms with Crippen LogP contribution in [0.3, 0.4) is 0 Å². The van der Waals surface area contributed by atoms with Gasteiger partial charge >= 0.3 is 6.61 Å². The molecule has 2 rings (SSSR count). The van der Waals surface area contributed by atoms with Gasteiger partial charge in [-0.05, 0) is 26.0 Å². The molecule has 1 heterocycles. The molecule has 0 radical (unpaired) electrons. The van der Waals surface area contributed by atoms with Crippen LogP contribution in [0.1, 0.15) is 22.6 Å². The smallest absolute Gasteiger partial charge is 0.387 e. The van der Waals surface area contributed by atoms with Gasteiger partial charge in [-0.2, -0.15) is 8.78 Å². The zero-order chi connectivity index (χ0) is 17.5. The largest absolute Gasteiger partial charge is 0.466 e. The molecule has 0 saturated heterocycles. The van der Waals surface area contributed by atoms with Gasteiger partial charge < -0.3 is 19.8 Å². The molecule has 0 spiro atoms. The van der Waals surface area contributed by atoms with E-state index >= 15 is 0 Å². The van der Waals surface area contributed by atoms with Crippen molar-refractivity contribution in [2.75, 3.05) is 7.05 Å². The van der Waals surface area contributed by atoms with Gasteiger partial charge in [-0.1, -0.05) is 18.2 Å². The van der Waals surface area contributed by atoms with E-state index in [0.29, 0.717) is 24.6 Å². The van der Waals surface area contributed by atoms with Crippen LogP contribution in [0.2, 0.25) is 0 Å². The first-order valence-electron chi connectivity index (χ1n) is 7.52. The highest BCUT2D eigenvalue weighted by molar-refractivity contribution is 5.79. The number of aryl methyl sites for hydroxylation is 2. The lowest BCUT2D eigenvalue weighted by Crippen LogP contribution is -2.36. The average molecular weight is 337 g/mol. The van der Waals surface area contributed by atoms with Crippen LogP contribution in [0, 0.1) is 13.8 Å². The minimum absolute atomic E-state index is 0.150. The number of ether oxygens (including phenoxy) is 1. The summed E-state index contributed by atoms with van der Waals surface area (Å²) in [4.78, 5) is 4.12. The lowest BCUT2D eigenvalue weighted by atomic mass is 10.2. The van der Waals surface area contributed by atoms with Gasteiger partial charge in [-0.3, -0.25) is 4.99 Å². The fourth-order valence-corrected chi connectivity index (χ4v) is 2.30. The quantitative estimate of drug-likeness (QED) is 0.627. The number of benzene rings is 1. The van der Waals surface area contributed by atoms with Crippen molar-refractivity contribution in [1.29, 1.82) is 0 Å². The molecule has 0 aliphatic carbocycles. The van der Waals surface area contributed by atoms with Crippen molar-refractivity contribution in [3.63, 3.8) is 0 Å². The molecule has 0 atom stereocenters. The number of hydrogen-bond acceptors (Lipinski definition) is 3. The predicted octanol–water partition coefficient (Wildman–Crippen LogP) is 3.36. The van der Waals surface area contributed by atoms with Gasteiger partial charge in [-0.15, -0.1) is 0 Å². The van der Waals surface area contributed by atoms with Gasteiger partial charge in [0.05, 0.1) is 0 Å². The highest BCUT2D eigenvalue weighted by Gasteiger charge is 2.10. The van der Waals surface area contributed by atoms with E-state index in [1.54, 1.807) is 25.2 Å². The second-order valence-electron chi connectivity index (χ2n) is 5.20. The number of furan rings is 1. The van der Waals surface area contributed by atoms with Gasteiger partial charge in [0.25, 0.3) is 0 Å². The molecule has 0 amide bonds. The van der Waals surface area contributed by atoms with E-state index in [4.69, 9.17) is 4.42 Å². The third-order valence-corrected chi connectivity index (χ3v) is 3.45. The summed E-state index contributed by atoms with van der Waals surface area (Å²) >= 11 is 0. The number of para-hydroxylation sites is 1. The SMILES string of the molecule is CN=C(NCc1ccccc1OC(F)F)NCc1cc(C)oc1C. The number of aliphatic imine (C=N–C) groups is 1. The Labute approximate surface area is 139 Å². The number of alkyl halides is 2. The van der Waals surface area contributed by atoms with Crippen molar-refractivity contribution in [2.24, 2.45) is 4.99 Å². The number of hydrogen-bond donors (Lipinski definition) is 2. The third kappa shape index (κ3) is 4.97. The molecule has 2 aromatic rings. The first-order chi connectivity index (χ1) is 11.5.